The van der Waals surface area contributed by atoms with Gasteiger partial charge in [0.25, 0.3) is 5.91 Å². The lowest BCUT2D eigenvalue weighted by Gasteiger charge is -2.18. The molecule has 1 fully saturated rings. The molecule has 1 aliphatic heterocycles. The third-order valence-corrected chi connectivity index (χ3v) is 5.40. The Bertz CT molecular complexity index is 659. The molecule has 120 valence electrons. The molecule has 1 aromatic heterocycles. The van der Waals surface area contributed by atoms with Gasteiger partial charge in [-0.25, -0.2) is 4.98 Å². The normalized spacial score (nSPS) is 17.4. The molecule has 1 aliphatic rings. The summed E-state index contributed by atoms with van der Waals surface area (Å²) >= 11 is 1.67. The van der Waals surface area contributed by atoms with Gasteiger partial charge < -0.3 is 4.90 Å². The molecule has 0 bridgehead atoms. The van der Waals surface area contributed by atoms with Gasteiger partial charge in [0.1, 0.15) is 5.03 Å². The van der Waals surface area contributed by atoms with E-state index in [2.05, 4.69) is 36.2 Å². The van der Waals surface area contributed by atoms with Gasteiger partial charge in [0.2, 0.25) is 0 Å². The number of hydrogen-bond acceptors (Lipinski definition) is 3. The number of nitrogens with zero attached hydrogens (tertiary/aromatic N) is 2. The number of hydrogen-bond donors (Lipinski definition) is 0. The van der Waals surface area contributed by atoms with E-state index in [0.29, 0.717) is 5.92 Å². The van der Waals surface area contributed by atoms with Gasteiger partial charge in [-0.2, -0.15) is 0 Å². The van der Waals surface area contributed by atoms with Gasteiger partial charge in [-0.05, 0) is 36.3 Å². The molecule has 1 unspecified atom stereocenters. The fraction of sp³-hybridized carbons (Fsp3) is 0.368. The lowest BCUT2D eigenvalue weighted by molar-refractivity contribution is 0.0786. The van der Waals surface area contributed by atoms with Crippen molar-refractivity contribution in [2.75, 3.05) is 18.8 Å². The molecule has 0 N–H and O–H groups in total. The van der Waals surface area contributed by atoms with Gasteiger partial charge in [0.15, 0.2) is 0 Å². The molecule has 0 saturated carbocycles. The van der Waals surface area contributed by atoms with Crippen LogP contribution in [0.4, 0.5) is 0 Å². The summed E-state index contributed by atoms with van der Waals surface area (Å²) in [6.07, 6.45) is 3.88. The van der Waals surface area contributed by atoms with Crippen molar-refractivity contribution in [2.45, 2.75) is 30.7 Å². The molecular formula is C19H22N2OS. The summed E-state index contributed by atoms with van der Waals surface area (Å²) in [6, 6.07) is 14.3. The summed E-state index contributed by atoms with van der Waals surface area (Å²) in [7, 11) is 0. The zero-order valence-electron chi connectivity index (χ0n) is 13.4. The van der Waals surface area contributed by atoms with Gasteiger partial charge in [0, 0.05) is 25.2 Å². The van der Waals surface area contributed by atoms with E-state index < -0.39 is 0 Å². The first kappa shape index (κ1) is 16.1. The Morgan fingerprint density at radius 3 is 2.87 bits per heavy atom. The van der Waals surface area contributed by atoms with Crippen molar-refractivity contribution >= 4 is 17.7 Å². The number of thioether (sulfide) groups is 1. The molecule has 1 saturated heterocycles. The van der Waals surface area contributed by atoms with E-state index in [9.17, 15) is 4.79 Å². The number of amides is 1. The van der Waals surface area contributed by atoms with Crippen LogP contribution in [-0.2, 0) is 0 Å². The van der Waals surface area contributed by atoms with Crippen LogP contribution in [0.15, 0.2) is 53.7 Å². The van der Waals surface area contributed by atoms with Gasteiger partial charge in [-0.1, -0.05) is 37.3 Å². The van der Waals surface area contributed by atoms with Crippen molar-refractivity contribution in [3.05, 3.63) is 59.8 Å². The summed E-state index contributed by atoms with van der Waals surface area (Å²) in [5.41, 5.74) is 2.08. The van der Waals surface area contributed by atoms with Gasteiger partial charge >= 0.3 is 0 Å². The van der Waals surface area contributed by atoms with E-state index in [1.807, 2.05) is 23.1 Å². The maximum atomic E-state index is 12.9. The smallest absolute Gasteiger partial charge is 0.256 e. The molecule has 23 heavy (non-hydrogen) atoms. The molecule has 0 spiro atoms. The minimum Gasteiger partial charge on any atom is -0.338 e. The second-order valence-corrected chi connectivity index (χ2v) is 6.94. The highest BCUT2D eigenvalue weighted by Crippen LogP contribution is 2.29. The lowest BCUT2D eigenvalue weighted by atomic mass is 9.99. The Hall–Kier alpha value is -1.81. The maximum Gasteiger partial charge on any atom is 0.256 e. The largest absolute Gasteiger partial charge is 0.338 e. The van der Waals surface area contributed by atoms with Crippen LogP contribution in [0.25, 0.3) is 0 Å². The molecule has 0 radical (unpaired) electrons. The number of pyridine rings is 1. The Kier molecular flexibility index (Phi) is 5.34. The van der Waals surface area contributed by atoms with Crippen molar-refractivity contribution in [3.8, 4) is 0 Å². The zero-order valence-corrected chi connectivity index (χ0v) is 14.3. The third kappa shape index (κ3) is 3.75. The van der Waals surface area contributed by atoms with Crippen molar-refractivity contribution in [1.29, 1.82) is 0 Å². The summed E-state index contributed by atoms with van der Waals surface area (Å²) in [5, 5.41) is 0.863. The van der Waals surface area contributed by atoms with Gasteiger partial charge in [0.05, 0.1) is 5.56 Å². The Balaban J connectivity index is 1.72. The first-order chi connectivity index (χ1) is 11.3. The minimum atomic E-state index is 0.120. The number of carbonyl (C=O) groups is 1. The van der Waals surface area contributed by atoms with Crippen molar-refractivity contribution in [3.63, 3.8) is 0 Å². The molecule has 1 atom stereocenters. The van der Waals surface area contributed by atoms with E-state index in [-0.39, 0.29) is 5.91 Å². The van der Waals surface area contributed by atoms with E-state index in [4.69, 9.17) is 0 Å². The van der Waals surface area contributed by atoms with Gasteiger partial charge in [-0.15, -0.1) is 11.8 Å². The molecule has 2 aromatic rings. The van der Waals surface area contributed by atoms with Crippen LogP contribution in [0.5, 0.6) is 0 Å². The lowest BCUT2D eigenvalue weighted by Crippen LogP contribution is -2.29. The Morgan fingerprint density at radius 2 is 2.09 bits per heavy atom. The first-order valence-electron chi connectivity index (χ1n) is 8.21. The second-order valence-electron chi connectivity index (χ2n) is 5.85. The van der Waals surface area contributed by atoms with E-state index in [1.165, 1.54) is 5.56 Å². The molecule has 2 heterocycles. The van der Waals surface area contributed by atoms with Crippen molar-refractivity contribution in [2.24, 2.45) is 0 Å². The average molecular weight is 326 g/mol. The number of carbonyl (C=O) groups excluding carboxylic acids is 1. The highest BCUT2D eigenvalue weighted by molar-refractivity contribution is 7.99. The predicted octanol–water partition coefficient (Wildman–Crippen LogP) is 4.21. The van der Waals surface area contributed by atoms with E-state index in [1.54, 1.807) is 18.0 Å². The van der Waals surface area contributed by atoms with Crippen LogP contribution in [0.3, 0.4) is 0 Å². The number of benzene rings is 1. The fourth-order valence-electron chi connectivity index (χ4n) is 2.98. The Morgan fingerprint density at radius 1 is 1.26 bits per heavy atom. The van der Waals surface area contributed by atoms with Crippen molar-refractivity contribution < 1.29 is 4.79 Å². The van der Waals surface area contributed by atoms with Crippen LogP contribution in [-0.4, -0.2) is 34.6 Å². The average Bonchev–Trinajstić information content (AvgIpc) is 3.10. The molecular weight excluding hydrogens is 304 g/mol. The maximum absolute atomic E-state index is 12.9. The van der Waals surface area contributed by atoms with E-state index >= 15 is 0 Å². The van der Waals surface area contributed by atoms with Crippen LogP contribution < -0.4 is 0 Å². The van der Waals surface area contributed by atoms with Crippen molar-refractivity contribution in [1.82, 2.24) is 9.88 Å². The summed E-state index contributed by atoms with van der Waals surface area (Å²) in [6.45, 7) is 3.77. The fourth-order valence-corrected chi connectivity index (χ4v) is 3.82. The quantitative estimate of drug-likeness (QED) is 0.772. The van der Waals surface area contributed by atoms with Crippen LogP contribution in [0.1, 0.15) is 41.6 Å². The highest BCUT2D eigenvalue weighted by Gasteiger charge is 2.29. The summed E-state index contributed by atoms with van der Waals surface area (Å²) in [4.78, 5) is 19.3. The second kappa shape index (κ2) is 7.64. The molecule has 1 amide bonds. The topological polar surface area (TPSA) is 33.2 Å². The summed E-state index contributed by atoms with van der Waals surface area (Å²) in [5.74, 6) is 1.56. The zero-order chi connectivity index (χ0) is 16.1. The predicted molar refractivity (Wildman–Crippen MR) is 95.0 cm³/mol. The monoisotopic (exact) mass is 326 g/mol. The Labute approximate surface area is 142 Å². The number of likely N-dealkylation sites (tertiary alicyclic amines) is 1. The SMILES string of the molecule is CCCSc1ncccc1C(=O)N1CCC(c2ccccc2)C1. The number of rotatable bonds is 5. The van der Waals surface area contributed by atoms with Crippen LogP contribution in [0.2, 0.25) is 0 Å². The molecule has 4 heteroatoms. The highest BCUT2D eigenvalue weighted by atomic mass is 32.2. The number of aromatic nitrogens is 1. The first-order valence-corrected chi connectivity index (χ1v) is 9.20. The molecule has 0 aliphatic carbocycles. The third-order valence-electron chi connectivity index (χ3n) is 4.19. The van der Waals surface area contributed by atoms with Crippen LogP contribution >= 0.6 is 11.8 Å². The van der Waals surface area contributed by atoms with Gasteiger partial charge in [-0.3, -0.25) is 4.79 Å². The van der Waals surface area contributed by atoms with E-state index in [0.717, 1.165) is 42.3 Å². The van der Waals surface area contributed by atoms with Crippen LogP contribution in [0, 0.1) is 0 Å². The molecule has 3 rings (SSSR count). The minimum absolute atomic E-state index is 0.120. The summed E-state index contributed by atoms with van der Waals surface area (Å²) < 4.78 is 0. The standard InChI is InChI=1S/C19H22N2OS/c1-2-13-23-18-17(9-6-11-20-18)19(22)21-12-10-16(14-21)15-7-4-3-5-8-15/h3-9,11,16H,2,10,12-14H2,1H3. The molecule has 1 aromatic carbocycles. The molecule has 3 nitrogen and oxygen atoms in total.